The highest BCUT2D eigenvalue weighted by Crippen LogP contribution is 2.27. The molecule has 0 aliphatic carbocycles. The second kappa shape index (κ2) is 7.66. The number of nitrogens with one attached hydrogen (secondary N) is 1. The third kappa shape index (κ3) is 4.37. The van der Waals surface area contributed by atoms with E-state index >= 15 is 0 Å². The number of rotatable bonds is 6. The Kier molecular flexibility index (Phi) is 5.34. The molecule has 0 amide bonds. The van der Waals surface area contributed by atoms with Crippen LogP contribution in [0.3, 0.4) is 0 Å². The Morgan fingerprint density at radius 1 is 1.12 bits per heavy atom. The van der Waals surface area contributed by atoms with Crippen molar-refractivity contribution in [1.82, 2.24) is 15.0 Å². The first kappa shape index (κ1) is 17.4. The molecule has 0 aliphatic heterocycles. The molecule has 0 saturated carbocycles. The molecule has 0 atom stereocenters. The van der Waals surface area contributed by atoms with E-state index in [2.05, 4.69) is 47.9 Å². The number of aromatic amines is 1. The van der Waals surface area contributed by atoms with E-state index in [-0.39, 0.29) is 5.78 Å². The van der Waals surface area contributed by atoms with E-state index in [1.165, 1.54) is 21.6 Å². The molecule has 0 radical (unpaired) electrons. The van der Waals surface area contributed by atoms with Crippen LogP contribution in [0.4, 0.5) is 0 Å². The van der Waals surface area contributed by atoms with E-state index in [0.29, 0.717) is 18.0 Å². The van der Waals surface area contributed by atoms with Gasteiger partial charge in [0, 0.05) is 11.1 Å². The highest BCUT2D eigenvalue weighted by Gasteiger charge is 2.11. The molecule has 0 aliphatic rings. The van der Waals surface area contributed by atoms with Crippen LogP contribution in [0.15, 0.2) is 47.6 Å². The lowest BCUT2D eigenvalue weighted by molar-refractivity contribution is -0.116. The third-order valence-corrected chi connectivity index (χ3v) is 5.32. The number of benzene rings is 1. The Morgan fingerprint density at radius 3 is 2.56 bits per heavy atom. The van der Waals surface area contributed by atoms with Crippen LogP contribution in [0.25, 0.3) is 11.4 Å². The van der Waals surface area contributed by atoms with Gasteiger partial charge in [-0.1, -0.05) is 23.8 Å². The number of ketones is 1. The minimum absolute atomic E-state index is 0.159. The number of carbonyl (C=O) groups excluding carboxylic acids is 1. The number of H-pyrrole nitrogens is 1. The SMILES string of the molecule is Cc1cc(C)c(SCC(=O)Cc2ncc(-c3ccccn3)[nH]2)c(C)c1. The Labute approximate surface area is 152 Å². The molecule has 4 nitrogen and oxygen atoms in total. The van der Waals surface area contributed by atoms with Gasteiger partial charge in [-0.3, -0.25) is 9.78 Å². The summed E-state index contributed by atoms with van der Waals surface area (Å²) in [5.74, 6) is 1.29. The van der Waals surface area contributed by atoms with Crippen molar-refractivity contribution in [3.8, 4) is 11.4 Å². The van der Waals surface area contributed by atoms with Gasteiger partial charge in [-0.05, 0) is 44.0 Å². The van der Waals surface area contributed by atoms with Crippen molar-refractivity contribution in [2.75, 3.05) is 5.75 Å². The normalized spacial score (nSPS) is 10.8. The van der Waals surface area contributed by atoms with E-state index < -0.39 is 0 Å². The second-order valence-electron chi connectivity index (χ2n) is 6.19. The number of imidazole rings is 1. The van der Waals surface area contributed by atoms with E-state index in [1.54, 1.807) is 24.2 Å². The standard InChI is InChI=1S/C20H21N3OS/c1-13-8-14(2)20(15(3)9-13)25-12-16(24)10-19-22-11-18(23-19)17-6-4-5-7-21-17/h4-9,11H,10,12H2,1-3H3,(H,22,23). The van der Waals surface area contributed by atoms with Gasteiger partial charge < -0.3 is 4.98 Å². The Hall–Kier alpha value is -2.40. The molecular weight excluding hydrogens is 330 g/mol. The third-order valence-electron chi connectivity index (χ3n) is 3.92. The van der Waals surface area contributed by atoms with Crippen LogP contribution in [-0.4, -0.2) is 26.5 Å². The van der Waals surface area contributed by atoms with Gasteiger partial charge in [0.2, 0.25) is 0 Å². The first-order chi connectivity index (χ1) is 12.0. The number of carbonyl (C=O) groups is 1. The van der Waals surface area contributed by atoms with Crippen molar-refractivity contribution in [2.45, 2.75) is 32.1 Å². The lowest BCUT2D eigenvalue weighted by atomic mass is 10.1. The van der Waals surface area contributed by atoms with E-state index in [1.807, 2.05) is 18.2 Å². The summed E-state index contributed by atoms with van der Waals surface area (Å²) in [4.78, 5) is 25.3. The van der Waals surface area contributed by atoms with Gasteiger partial charge in [0.25, 0.3) is 0 Å². The molecule has 2 aromatic heterocycles. The summed E-state index contributed by atoms with van der Waals surface area (Å²) in [6, 6.07) is 10.0. The number of aryl methyl sites for hydroxylation is 3. The molecule has 0 bridgehead atoms. The summed E-state index contributed by atoms with van der Waals surface area (Å²) in [7, 11) is 0. The number of thioether (sulfide) groups is 1. The fourth-order valence-corrected chi connectivity index (χ4v) is 3.87. The second-order valence-corrected chi connectivity index (χ2v) is 7.18. The first-order valence-electron chi connectivity index (χ1n) is 8.20. The topological polar surface area (TPSA) is 58.6 Å². The minimum atomic E-state index is 0.159. The highest BCUT2D eigenvalue weighted by molar-refractivity contribution is 8.00. The molecule has 0 unspecified atom stereocenters. The summed E-state index contributed by atoms with van der Waals surface area (Å²) in [5, 5.41) is 0. The lowest BCUT2D eigenvalue weighted by Gasteiger charge is -2.10. The molecular formula is C20H21N3OS. The van der Waals surface area contributed by atoms with Crippen LogP contribution in [-0.2, 0) is 11.2 Å². The lowest BCUT2D eigenvalue weighted by Crippen LogP contribution is -2.07. The predicted octanol–water partition coefficient (Wildman–Crippen LogP) is 4.30. The van der Waals surface area contributed by atoms with Crippen LogP contribution in [0, 0.1) is 20.8 Å². The number of aromatic nitrogens is 3. The molecule has 0 saturated heterocycles. The van der Waals surface area contributed by atoms with Crippen molar-refractivity contribution in [3.63, 3.8) is 0 Å². The van der Waals surface area contributed by atoms with Crippen molar-refractivity contribution in [3.05, 3.63) is 65.2 Å². The average molecular weight is 351 g/mol. The molecule has 128 valence electrons. The van der Waals surface area contributed by atoms with Crippen molar-refractivity contribution >= 4 is 17.5 Å². The summed E-state index contributed by atoms with van der Waals surface area (Å²) >= 11 is 1.61. The maximum atomic E-state index is 12.3. The first-order valence-corrected chi connectivity index (χ1v) is 9.19. The van der Waals surface area contributed by atoms with E-state index in [0.717, 1.165) is 11.4 Å². The minimum Gasteiger partial charge on any atom is -0.340 e. The molecule has 2 heterocycles. The molecule has 0 spiro atoms. The van der Waals surface area contributed by atoms with Gasteiger partial charge in [0.05, 0.1) is 29.8 Å². The molecule has 3 aromatic rings. The fourth-order valence-electron chi connectivity index (χ4n) is 2.89. The van der Waals surface area contributed by atoms with Crippen LogP contribution >= 0.6 is 11.8 Å². The van der Waals surface area contributed by atoms with Gasteiger partial charge in [-0.25, -0.2) is 4.98 Å². The van der Waals surface area contributed by atoms with Crippen LogP contribution < -0.4 is 0 Å². The van der Waals surface area contributed by atoms with Gasteiger partial charge >= 0.3 is 0 Å². The van der Waals surface area contributed by atoms with Crippen molar-refractivity contribution in [2.24, 2.45) is 0 Å². The number of nitrogens with zero attached hydrogens (tertiary/aromatic N) is 2. The van der Waals surface area contributed by atoms with Crippen LogP contribution in [0.1, 0.15) is 22.5 Å². The summed E-state index contributed by atoms with van der Waals surface area (Å²) in [5.41, 5.74) is 5.37. The van der Waals surface area contributed by atoms with Gasteiger partial charge in [0.15, 0.2) is 5.78 Å². The summed E-state index contributed by atoms with van der Waals surface area (Å²) in [6.45, 7) is 6.28. The molecule has 0 fully saturated rings. The molecule has 1 aromatic carbocycles. The zero-order valence-electron chi connectivity index (χ0n) is 14.7. The number of hydrogen-bond acceptors (Lipinski definition) is 4. The maximum absolute atomic E-state index is 12.3. The monoisotopic (exact) mass is 351 g/mol. The van der Waals surface area contributed by atoms with Gasteiger partial charge in [-0.15, -0.1) is 11.8 Å². The number of pyridine rings is 1. The molecule has 5 heteroatoms. The van der Waals surface area contributed by atoms with Gasteiger partial charge in [0.1, 0.15) is 5.82 Å². The Balaban J connectivity index is 1.61. The summed E-state index contributed by atoms with van der Waals surface area (Å²) in [6.07, 6.45) is 3.78. The van der Waals surface area contributed by atoms with E-state index in [9.17, 15) is 4.79 Å². The average Bonchev–Trinajstić information content (AvgIpc) is 3.03. The molecule has 25 heavy (non-hydrogen) atoms. The smallest absolute Gasteiger partial charge is 0.150 e. The largest absolute Gasteiger partial charge is 0.340 e. The van der Waals surface area contributed by atoms with E-state index in [4.69, 9.17) is 0 Å². The number of hydrogen-bond donors (Lipinski definition) is 1. The van der Waals surface area contributed by atoms with Crippen LogP contribution in [0.2, 0.25) is 0 Å². The number of Topliss-reactive ketones (excluding diaryl/α,β-unsaturated/α-hetero) is 1. The van der Waals surface area contributed by atoms with Gasteiger partial charge in [-0.2, -0.15) is 0 Å². The fraction of sp³-hybridized carbons (Fsp3) is 0.250. The van der Waals surface area contributed by atoms with Crippen molar-refractivity contribution in [1.29, 1.82) is 0 Å². The van der Waals surface area contributed by atoms with Crippen LogP contribution in [0.5, 0.6) is 0 Å². The Bertz CT molecular complexity index is 864. The quantitative estimate of drug-likeness (QED) is 0.673. The predicted molar refractivity (Wildman–Crippen MR) is 102 cm³/mol. The highest BCUT2D eigenvalue weighted by atomic mass is 32.2. The maximum Gasteiger partial charge on any atom is 0.150 e. The summed E-state index contributed by atoms with van der Waals surface area (Å²) < 4.78 is 0. The molecule has 3 rings (SSSR count). The molecule has 1 N–H and O–H groups in total. The zero-order valence-corrected chi connectivity index (χ0v) is 15.5. The zero-order chi connectivity index (χ0) is 17.8. The van der Waals surface area contributed by atoms with Crippen molar-refractivity contribution < 1.29 is 4.79 Å². The Morgan fingerprint density at radius 2 is 1.88 bits per heavy atom.